The van der Waals surface area contributed by atoms with Gasteiger partial charge in [-0.05, 0) is 31.4 Å². The van der Waals surface area contributed by atoms with Gasteiger partial charge in [-0.3, -0.25) is 0 Å². The van der Waals surface area contributed by atoms with E-state index in [-0.39, 0.29) is 11.5 Å². The molecule has 4 N–H and O–H groups in total. The van der Waals surface area contributed by atoms with Gasteiger partial charge in [0.05, 0.1) is 0 Å². The predicted molar refractivity (Wildman–Crippen MR) is 55.4 cm³/mol. The number of nitrogen functional groups attached to an aromatic ring is 1. The summed E-state index contributed by atoms with van der Waals surface area (Å²) in [6, 6.07) is 8.27. The molecule has 1 aliphatic rings. The second kappa shape index (κ2) is 2.74. The Labute approximate surface area is 78.9 Å². The van der Waals surface area contributed by atoms with Crippen molar-refractivity contribution < 1.29 is 0 Å². The first kappa shape index (κ1) is 8.57. The summed E-state index contributed by atoms with van der Waals surface area (Å²) in [7, 11) is 0. The molecule has 1 aliphatic carbocycles. The van der Waals surface area contributed by atoms with Gasteiger partial charge in [-0.25, -0.2) is 0 Å². The molecule has 2 heteroatoms. The number of benzene rings is 1. The Hall–Kier alpha value is -1.02. The van der Waals surface area contributed by atoms with Crippen LogP contribution in [0.15, 0.2) is 24.3 Å². The first-order valence-corrected chi connectivity index (χ1v) is 4.77. The number of nitrogens with two attached hydrogens (primary N) is 2. The third-order valence-corrected chi connectivity index (χ3v) is 3.16. The van der Waals surface area contributed by atoms with Crippen molar-refractivity contribution in [2.75, 3.05) is 5.73 Å². The Morgan fingerprint density at radius 1 is 1.31 bits per heavy atom. The molecule has 1 saturated carbocycles. The van der Waals surface area contributed by atoms with E-state index in [1.165, 1.54) is 18.4 Å². The van der Waals surface area contributed by atoms with Gasteiger partial charge < -0.3 is 11.5 Å². The zero-order valence-electron chi connectivity index (χ0n) is 7.96. The fourth-order valence-electron chi connectivity index (χ4n) is 2.06. The molecule has 0 amide bonds. The van der Waals surface area contributed by atoms with Crippen LogP contribution in [0, 0.1) is 0 Å². The molecule has 1 fully saturated rings. The summed E-state index contributed by atoms with van der Waals surface area (Å²) >= 11 is 0. The fourth-order valence-corrected chi connectivity index (χ4v) is 2.06. The normalized spacial score (nSPS) is 21.1. The van der Waals surface area contributed by atoms with Crippen molar-refractivity contribution in [3.8, 4) is 0 Å². The highest BCUT2D eigenvalue weighted by atomic mass is 14.7. The van der Waals surface area contributed by atoms with Crippen LogP contribution in [0.25, 0.3) is 0 Å². The van der Waals surface area contributed by atoms with E-state index in [0.717, 1.165) is 5.69 Å². The van der Waals surface area contributed by atoms with Gasteiger partial charge in [0.25, 0.3) is 0 Å². The third kappa shape index (κ3) is 1.22. The van der Waals surface area contributed by atoms with E-state index in [4.69, 9.17) is 11.5 Å². The van der Waals surface area contributed by atoms with Crippen LogP contribution >= 0.6 is 0 Å². The van der Waals surface area contributed by atoms with E-state index in [2.05, 4.69) is 13.0 Å². The van der Waals surface area contributed by atoms with Gasteiger partial charge in [-0.1, -0.05) is 18.2 Å². The minimum absolute atomic E-state index is 0.186. The molecule has 70 valence electrons. The first-order valence-electron chi connectivity index (χ1n) is 4.77. The van der Waals surface area contributed by atoms with Crippen LogP contribution in [0.2, 0.25) is 0 Å². The van der Waals surface area contributed by atoms with E-state index < -0.39 is 0 Å². The summed E-state index contributed by atoms with van der Waals surface area (Å²) in [5.74, 6) is 0. The maximum absolute atomic E-state index is 5.98. The Balaban J connectivity index is 2.41. The fraction of sp³-hybridized carbons (Fsp3) is 0.455. The summed E-state index contributed by atoms with van der Waals surface area (Å²) in [5.41, 5.74) is 14.2. The van der Waals surface area contributed by atoms with Gasteiger partial charge in [0, 0.05) is 17.1 Å². The lowest BCUT2D eigenvalue weighted by atomic mass is 9.88. The maximum atomic E-state index is 5.98. The second-order valence-electron chi connectivity index (χ2n) is 4.03. The highest BCUT2D eigenvalue weighted by Gasteiger charge is 2.48. The van der Waals surface area contributed by atoms with Crippen molar-refractivity contribution in [1.29, 1.82) is 0 Å². The van der Waals surface area contributed by atoms with E-state index >= 15 is 0 Å². The molecule has 1 unspecified atom stereocenters. The number of hydrogen-bond acceptors (Lipinski definition) is 2. The molecular formula is C11H16N2. The molecule has 13 heavy (non-hydrogen) atoms. The SMILES string of the molecule is CC(N)C1(c2ccccc2N)CC1. The lowest BCUT2D eigenvalue weighted by Gasteiger charge is -2.21. The average molecular weight is 176 g/mol. The molecule has 0 aliphatic heterocycles. The largest absolute Gasteiger partial charge is 0.398 e. The van der Waals surface area contributed by atoms with Crippen molar-refractivity contribution in [1.82, 2.24) is 0 Å². The molecule has 0 saturated heterocycles. The number of rotatable bonds is 2. The van der Waals surface area contributed by atoms with Gasteiger partial charge in [0.15, 0.2) is 0 Å². The maximum Gasteiger partial charge on any atom is 0.0352 e. The number of hydrogen-bond donors (Lipinski definition) is 2. The molecule has 1 aromatic carbocycles. The zero-order chi connectivity index (χ0) is 9.47. The topological polar surface area (TPSA) is 52.0 Å². The van der Waals surface area contributed by atoms with Gasteiger partial charge in [-0.2, -0.15) is 0 Å². The highest BCUT2D eigenvalue weighted by Crippen LogP contribution is 2.51. The summed E-state index contributed by atoms with van der Waals surface area (Å²) in [4.78, 5) is 0. The molecule has 1 aromatic rings. The van der Waals surface area contributed by atoms with Crippen LogP contribution in [0.4, 0.5) is 5.69 Å². The Bertz CT molecular complexity index is 314. The third-order valence-electron chi connectivity index (χ3n) is 3.16. The summed E-state index contributed by atoms with van der Waals surface area (Å²) in [5, 5.41) is 0. The van der Waals surface area contributed by atoms with Crippen molar-refractivity contribution in [2.24, 2.45) is 5.73 Å². The summed E-state index contributed by atoms with van der Waals surface area (Å²) in [6.45, 7) is 2.07. The molecule has 2 rings (SSSR count). The van der Waals surface area contributed by atoms with Crippen molar-refractivity contribution in [2.45, 2.75) is 31.2 Å². The number of para-hydroxylation sites is 1. The van der Waals surface area contributed by atoms with Crippen LogP contribution in [-0.4, -0.2) is 6.04 Å². The van der Waals surface area contributed by atoms with Crippen LogP contribution in [0.3, 0.4) is 0 Å². The molecule has 0 bridgehead atoms. The molecule has 0 heterocycles. The van der Waals surface area contributed by atoms with E-state index in [0.29, 0.717) is 0 Å². The summed E-state index contributed by atoms with van der Waals surface area (Å²) < 4.78 is 0. The van der Waals surface area contributed by atoms with Gasteiger partial charge in [0.1, 0.15) is 0 Å². The summed E-state index contributed by atoms with van der Waals surface area (Å²) in [6.07, 6.45) is 2.36. The minimum Gasteiger partial charge on any atom is -0.398 e. The average Bonchev–Trinajstić information content (AvgIpc) is 2.85. The van der Waals surface area contributed by atoms with E-state index in [1.54, 1.807) is 0 Å². The van der Waals surface area contributed by atoms with Gasteiger partial charge >= 0.3 is 0 Å². The van der Waals surface area contributed by atoms with Crippen molar-refractivity contribution in [3.05, 3.63) is 29.8 Å². The monoisotopic (exact) mass is 176 g/mol. The lowest BCUT2D eigenvalue weighted by Crippen LogP contribution is -2.32. The Kier molecular flexibility index (Phi) is 1.81. The smallest absolute Gasteiger partial charge is 0.0352 e. The predicted octanol–water partition coefficient (Wildman–Crippen LogP) is 1.65. The second-order valence-corrected chi connectivity index (χ2v) is 4.03. The van der Waals surface area contributed by atoms with Gasteiger partial charge in [0.2, 0.25) is 0 Å². The van der Waals surface area contributed by atoms with Crippen LogP contribution in [0.5, 0.6) is 0 Å². The molecule has 0 radical (unpaired) electrons. The zero-order valence-corrected chi connectivity index (χ0v) is 7.96. The standard InChI is InChI=1S/C11H16N2/c1-8(12)11(6-7-11)9-4-2-3-5-10(9)13/h2-5,8H,6-7,12-13H2,1H3. The molecule has 1 atom stereocenters. The van der Waals surface area contributed by atoms with Crippen molar-refractivity contribution >= 4 is 5.69 Å². The first-order chi connectivity index (χ1) is 6.17. The van der Waals surface area contributed by atoms with Crippen molar-refractivity contribution in [3.63, 3.8) is 0 Å². The van der Waals surface area contributed by atoms with E-state index in [9.17, 15) is 0 Å². The van der Waals surface area contributed by atoms with Crippen LogP contribution in [0.1, 0.15) is 25.3 Å². The van der Waals surface area contributed by atoms with Crippen LogP contribution in [-0.2, 0) is 5.41 Å². The molecule has 0 aromatic heterocycles. The highest BCUT2D eigenvalue weighted by molar-refractivity contribution is 5.53. The number of anilines is 1. The van der Waals surface area contributed by atoms with Gasteiger partial charge in [-0.15, -0.1) is 0 Å². The lowest BCUT2D eigenvalue weighted by molar-refractivity contribution is 0.558. The Morgan fingerprint density at radius 3 is 2.38 bits per heavy atom. The quantitative estimate of drug-likeness (QED) is 0.673. The Morgan fingerprint density at radius 2 is 1.92 bits per heavy atom. The van der Waals surface area contributed by atoms with E-state index in [1.807, 2.05) is 18.2 Å². The molecular weight excluding hydrogens is 160 g/mol. The molecule has 0 spiro atoms. The minimum atomic E-state index is 0.186. The molecule has 2 nitrogen and oxygen atoms in total. The van der Waals surface area contributed by atoms with Crippen LogP contribution < -0.4 is 11.5 Å².